The SMILES string of the molecule is c1ccc(-c2ccc(N(c3ccc(-c4ccc5cc(-c6ccc7ccccc7c6)ccc5c4)cc3)c3ccc4c(c3)oc3ccccc34)cc2)cc1. The predicted octanol–water partition coefficient (Wildman–Crippen LogP) is 14.4. The molecule has 0 N–H and O–H groups in total. The highest BCUT2D eigenvalue weighted by Gasteiger charge is 2.16. The first kappa shape index (κ1) is 30.0. The van der Waals surface area contributed by atoms with Gasteiger partial charge in [0.2, 0.25) is 0 Å². The van der Waals surface area contributed by atoms with Gasteiger partial charge in [0.1, 0.15) is 11.2 Å². The van der Waals surface area contributed by atoms with E-state index in [-0.39, 0.29) is 0 Å². The molecule has 0 spiro atoms. The van der Waals surface area contributed by atoms with Crippen LogP contribution in [0, 0.1) is 0 Å². The topological polar surface area (TPSA) is 16.4 Å². The average molecular weight is 664 g/mol. The van der Waals surface area contributed by atoms with Gasteiger partial charge in [-0.2, -0.15) is 0 Å². The molecule has 52 heavy (non-hydrogen) atoms. The first-order valence-corrected chi connectivity index (χ1v) is 17.7. The summed E-state index contributed by atoms with van der Waals surface area (Å²) in [4.78, 5) is 2.31. The predicted molar refractivity (Wildman–Crippen MR) is 220 cm³/mol. The van der Waals surface area contributed by atoms with Crippen molar-refractivity contribution in [2.45, 2.75) is 0 Å². The van der Waals surface area contributed by atoms with Crippen LogP contribution < -0.4 is 4.90 Å². The maximum Gasteiger partial charge on any atom is 0.137 e. The van der Waals surface area contributed by atoms with E-state index in [0.717, 1.165) is 39.0 Å². The lowest BCUT2D eigenvalue weighted by Crippen LogP contribution is -2.09. The van der Waals surface area contributed by atoms with Gasteiger partial charge in [-0.3, -0.25) is 0 Å². The minimum atomic E-state index is 0.876. The quantitative estimate of drug-likeness (QED) is 0.176. The molecule has 0 atom stereocenters. The molecule has 0 aliphatic rings. The maximum absolute atomic E-state index is 6.33. The van der Waals surface area contributed by atoms with Crippen molar-refractivity contribution >= 4 is 60.5 Å². The second kappa shape index (κ2) is 12.5. The summed E-state index contributed by atoms with van der Waals surface area (Å²) in [6.07, 6.45) is 0. The Hall–Kier alpha value is -6.90. The normalized spacial score (nSPS) is 11.5. The lowest BCUT2D eigenvalue weighted by molar-refractivity contribution is 0.669. The summed E-state index contributed by atoms with van der Waals surface area (Å²) >= 11 is 0. The van der Waals surface area contributed by atoms with Gasteiger partial charge in [0.25, 0.3) is 0 Å². The molecule has 0 aliphatic heterocycles. The molecule has 0 amide bonds. The van der Waals surface area contributed by atoms with Crippen molar-refractivity contribution < 1.29 is 4.42 Å². The van der Waals surface area contributed by atoms with Crippen LogP contribution in [0.15, 0.2) is 205 Å². The molecule has 10 aromatic rings. The van der Waals surface area contributed by atoms with E-state index in [9.17, 15) is 0 Å². The molecule has 10 rings (SSSR count). The summed E-state index contributed by atoms with van der Waals surface area (Å²) in [7, 11) is 0. The van der Waals surface area contributed by atoms with E-state index in [1.54, 1.807) is 0 Å². The van der Waals surface area contributed by atoms with Crippen LogP contribution in [0.5, 0.6) is 0 Å². The number of furan rings is 1. The molecule has 0 saturated carbocycles. The molecule has 1 aromatic heterocycles. The van der Waals surface area contributed by atoms with Crippen molar-refractivity contribution in [3.05, 3.63) is 200 Å². The van der Waals surface area contributed by atoms with Crippen LogP contribution in [0.1, 0.15) is 0 Å². The zero-order valence-electron chi connectivity index (χ0n) is 28.4. The molecule has 0 saturated heterocycles. The van der Waals surface area contributed by atoms with Crippen LogP contribution in [0.2, 0.25) is 0 Å². The van der Waals surface area contributed by atoms with Gasteiger partial charge < -0.3 is 9.32 Å². The molecule has 2 nitrogen and oxygen atoms in total. The minimum absolute atomic E-state index is 0.876. The maximum atomic E-state index is 6.33. The van der Waals surface area contributed by atoms with Crippen LogP contribution in [0.25, 0.3) is 76.9 Å². The van der Waals surface area contributed by atoms with Crippen molar-refractivity contribution in [2.75, 3.05) is 4.90 Å². The van der Waals surface area contributed by atoms with Gasteiger partial charge in [0.05, 0.1) is 0 Å². The number of nitrogens with zero attached hydrogens (tertiary/aromatic N) is 1. The number of anilines is 3. The molecule has 1 heterocycles. The largest absolute Gasteiger partial charge is 0.456 e. The first-order valence-electron chi connectivity index (χ1n) is 17.7. The summed E-state index contributed by atoms with van der Waals surface area (Å²) in [5, 5.41) is 7.24. The summed E-state index contributed by atoms with van der Waals surface area (Å²) in [5.41, 5.74) is 12.2. The van der Waals surface area contributed by atoms with E-state index in [4.69, 9.17) is 4.42 Å². The Kier molecular flexibility index (Phi) is 7.18. The summed E-state index contributed by atoms with van der Waals surface area (Å²) in [6, 6.07) is 71.8. The molecule has 9 aromatic carbocycles. The minimum Gasteiger partial charge on any atom is -0.456 e. The highest BCUT2D eigenvalue weighted by molar-refractivity contribution is 6.06. The van der Waals surface area contributed by atoms with Gasteiger partial charge >= 0.3 is 0 Å². The molecule has 0 aliphatic carbocycles. The molecule has 0 bridgehead atoms. The van der Waals surface area contributed by atoms with Crippen LogP contribution in [-0.4, -0.2) is 0 Å². The third-order valence-electron chi connectivity index (χ3n) is 10.2. The lowest BCUT2D eigenvalue weighted by atomic mass is 9.96. The van der Waals surface area contributed by atoms with E-state index >= 15 is 0 Å². The van der Waals surface area contributed by atoms with Gasteiger partial charge in [-0.25, -0.2) is 0 Å². The summed E-state index contributed by atoms with van der Waals surface area (Å²) in [6.45, 7) is 0. The zero-order valence-corrected chi connectivity index (χ0v) is 28.4. The fourth-order valence-electron chi connectivity index (χ4n) is 7.51. The van der Waals surface area contributed by atoms with E-state index in [2.05, 4.69) is 193 Å². The number of benzene rings is 9. The Balaban J connectivity index is 1.00. The Bertz CT molecular complexity index is 2890. The smallest absolute Gasteiger partial charge is 0.137 e. The molecule has 0 fully saturated rings. The van der Waals surface area contributed by atoms with Crippen molar-refractivity contribution in [1.29, 1.82) is 0 Å². The van der Waals surface area contributed by atoms with Crippen molar-refractivity contribution in [1.82, 2.24) is 0 Å². The first-order chi connectivity index (χ1) is 25.7. The second-order valence-electron chi connectivity index (χ2n) is 13.4. The van der Waals surface area contributed by atoms with E-state index in [1.807, 2.05) is 12.1 Å². The molecule has 0 radical (unpaired) electrons. The summed E-state index contributed by atoms with van der Waals surface area (Å²) < 4.78 is 6.33. The number of fused-ring (bicyclic) bond motifs is 5. The number of hydrogen-bond acceptors (Lipinski definition) is 2. The average Bonchev–Trinajstić information content (AvgIpc) is 3.59. The van der Waals surface area contributed by atoms with Crippen LogP contribution >= 0.6 is 0 Å². The van der Waals surface area contributed by atoms with E-state index < -0.39 is 0 Å². The Morgan fingerprint density at radius 3 is 1.38 bits per heavy atom. The molecular weight excluding hydrogens is 631 g/mol. The van der Waals surface area contributed by atoms with Crippen LogP contribution in [0.4, 0.5) is 17.1 Å². The fraction of sp³-hybridized carbons (Fsp3) is 0. The number of hydrogen-bond donors (Lipinski definition) is 0. The third kappa shape index (κ3) is 5.39. The van der Waals surface area contributed by atoms with E-state index in [0.29, 0.717) is 0 Å². The van der Waals surface area contributed by atoms with Gasteiger partial charge in [-0.1, -0.05) is 133 Å². The zero-order chi connectivity index (χ0) is 34.4. The van der Waals surface area contributed by atoms with Crippen molar-refractivity contribution in [3.8, 4) is 33.4 Å². The van der Waals surface area contributed by atoms with E-state index in [1.165, 1.54) is 54.9 Å². The van der Waals surface area contributed by atoms with Gasteiger partial charge in [-0.15, -0.1) is 0 Å². The molecular formula is C50H33NO. The van der Waals surface area contributed by atoms with Gasteiger partial charge in [0, 0.05) is 33.9 Å². The highest BCUT2D eigenvalue weighted by atomic mass is 16.3. The van der Waals surface area contributed by atoms with Crippen molar-refractivity contribution in [2.24, 2.45) is 0 Å². The molecule has 0 unspecified atom stereocenters. The van der Waals surface area contributed by atoms with Crippen LogP contribution in [0.3, 0.4) is 0 Å². The Morgan fingerprint density at radius 1 is 0.269 bits per heavy atom. The molecule has 244 valence electrons. The Labute approximate surface area is 302 Å². The van der Waals surface area contributed by atoms with Crippen LogP contribution in [-0.2, 0) is 0 Å². The number of rotatable bonds is 6. The van der Waals surface area contributed by atoms with Crippen molar-refractivity contribution in [3.63, 3.8) is 0 Å². The lowest BCUT2D eigenvalue weighted by Gasteiger charge is -2.26. The standard InChI is InChI=1S/C50H33NO/c1-2-8-34(9-3-1)36-20-24-44(25-21-36)51(46-28-29-48-47-12-6-7-13-49(47)52-50(48)33-46)45-26-22-37(23-27-45)39-16-17-42-32-43(19-18-41(42)31-39)40-15-14-35-10-4-5-11-38(35)30-40/h1-33H. The third-order valence-corrected chi connectivity index (χ3v) is 10.2. The highest BCUT2D eigenvalue weighted by Crippen LogP contribution is 2.40. The molecule has 2 heteroatoms. The van der Waals surface area contributed by atoms with Gasteiger partial charge in [-0.05, 0) is 116 Å². The van der Waals surface area contributed by atoms with Gasteiger partial charge in [0.15, 0.2) is 0 Å². The number of para-hydroxylation sites is 1. The fourth-order valence-corrected chi connectivity index (χ4v) is 7.51. The monoisotopic (exact) mass is 663 g/mol. The summed E-state index contributed by atoms with van der Waals surface area (Å²) in [5.74, 6) is 0. The second-order valence-corrected chi connectivity index (χ2v) is 13.4. The Morgan fingerprint density at radius 2 is 0.712 bits per heavy atom.